The molecule has 0 aliphatic rings. The van der Waals surface area contributed by atoms with Crippen molar-refractivity contribution in [2.45, 2.75) is 39.5 Å². The Morgan fingerprint density at radius 2 is 2.14 bits per heavy atom. The Balaban J connectivity index is 1.49. The molecule has 2 aromatic heterocycles. The summed E-state index contributed by atoms with van der Waals surface area (Å²) >= 11 is 0. The minimum atomic E-state index is -0.304. The number of rotatable bonds is 9. The van der Waals surface area contributed by atoms with Gasteiger partial charge in [0.15, 0.2) is 17.2 Å². The average molecular weight is 382 g/mol. The van der Waals surface area contributed by atoms with E-state index in [1.165, 1.54) is 6.92 Å². The first kappa shape index (κ1) is 19.3. The van der Waals surface area contributed by atoms with Crippen LogP contribution in [0.2, 0.25) is 0 Å². The maximum absolute atomic E-state index is 12.3. The summed E-state index contributed by atoms with van der Waals surface area (Å²) in [5.41, 5.74) is 0.765. The highest BCUT2D eigenvalue weighted by molar-refractivity contribution is 5.94. The van der Waals surface area contributed by atoms with Crippen LogP contribution >= 0.6 is 0 Å². The van der Waals surface area contributed by atoms with E-state index in [4.69, 9.17) is 9.26 Å². The largest absolute Gasteiger partial charge is 0.486 e. The number of carbonyl (C=O) groups excluding carboxylic acids is 2. The van der Waals surface area contributed by atoms with E-state index < -0.39 is 0 Å². The standard InChI is InChI=1S/C20H22N4O4/c1-14(7-10-24-9-4-8-21-24)22-20(26)19-12-18(28-23-19)13-27-17-6-3-5-16(11-17)15(2)25/h3-6,8-9,11-12,14H,7,10,13H2,1-2H3,(H,22,26)/t14-/m0/s1. The molecular formula is C20H22N4O4. The zero-order valence-corrected chi connectivity index (χ0v) is 15.8. The maximum Gasteiger partial charge on any atom is 0.273 e. The summed E-state index contributed by atoms with van der Waals surface area (Å²) in [7, 11) is 0. The van der Waals surface area contributed by atoms with Crippen LogP contribution in [0.3, 0.4) is 0 Å². The van der Waals surface area contributed by atoms with Gasteiger partial charge in [0.05, 0.1) is 0 Å². The zero-order valence-electron chi connectivity index (χ0n) is 15.8. The summed E-state index contributed by atoms with van der Waals surface area (Å²) in [6.45, 7) is 4.24. The minimum absolute atomic E-state index is 0.0363. The Morgan fingerprint density at radius 1 is 1.29 bits per heavy atom. The van der Waals surface area contributed by atoms with Gasteiger partial charge < -0.3 is 14.6 Å². The van der Waals surface area contributed by atoms with Gasteiger partial charge in [-0.15, -0.1) is 0 Å². The molecule has 146 valence electrons. The van der Waals surface area contributed by atoms with Crippen molar-refractivity contribution in [3.05, 3.63) is 65.8 Å². The van der Waals surface area contributed by atoms with Crippen molar-refractivity contribution in [2.75, 3.05) is 0 Å². The molecule has 1 N–H and O–H groups in total. The predicted octanol–water partition coefficient (Wildman–Crippen LogP) is 2.86. The van der Waals surface area contributed by atoms with Gasteiger partial charge in [-0.3, -0.25) is 14.3 Å². The van der Waals surface area contributed by atoms with Crippen LogP contribution in [0.4, 0.5) is 0 Å². The van der Waals surface area contributed by atoms with Crippen molar-refractivity contribution in [3.8, 4) is 5.75 Å². The molecule has 0 unspecified atom stereocenters. The van der Waals surface area contributed by atoms with Crippen molar-refractivity contribution < 1.29 is 18.8 Å². The van der Waals surface area contributed by atoms with Crippen LogP contribution < -0.4 is 10.1 Å². The third-order valence-corrected chi connectivity index (χ3v) is 4.14. The molecule has 8 nitrogen and oxygen atoms in total. The first-order valence-corrected chi connectivity index (χ1v) is 8.99. The lowest BCUT2D eigenvalue weighted by Crippen LogP contribution is -2.33. The van der Waals surface area contributed by atoms with E-state index in [2.05, 4.69) is 15.6 Å². The third kappa shape index (κ3) is 5.29. The highest BCUT2D eigenvalue weighted by Gasteiger charge is 2.15. The van der Waals surface area contributed by atoms with Gasteiger partial charge in [-0.1, -0.05) is 17.3 Å². The van der Waals surface area contributed by atoms with Crippen LogP contribution in [0, 0.1) is 0 Å². The van der Waals surface area contributed by atoms with Crippen molar-refractivity contribution in [1.82, 2.24) is 20.3 Å². The van der Waals surface area contributed by atoms with E-state index in [9.17, 15) is 9.59 Å². The normalized spacial score (nSPS) is 11.8. The molecule has 0 bridgehead atoms. The van der Waals surface area contributed by atoms with E-state index in [-0.39, 0.29) is 30.0 Å². The third-order valence-electron chi connectivity index (χ3n) is 4.14. The van der Waals surface area contributed by atoms with Crippen molar-refractivity contribution >= 4 is 11.7 Å². The number of hydrogen-bond acceptors (Lipinski definition) is 6. The van der Waals surface area contributed by atoms with Gasteiger partial charge in [0.2, 0.25) is 0 Å². The Hall–Kier alpha value is -3.42. The van der Waals surface area contributed by atoms with E-state index in [0.717, 1.165) is 6.42 Å². The number of aromatic nitrogens is 3. The number of hydrogen-bond donors (Lipinski definition) is 1. The number of nitrogens with one attached hydrogen (secondary N) is 1. The number of benzene rings is 1. The molecule has 1 aromatic carbocycles. The Morgan fingerprint density at radius 3 is 2.89 bits per heavy atom. The number of carbonyl (C=O) groups is 2. The van der Waals surface area contributed by atoms with E-state index >= 15 is 0 Å². The molecule has 0 aliphatic carbocycles. The fourth-order valence-corrected chi connectivity index (χ4v) is 2.58. The Bertz CT molecular complexity index is 933. The first-order chi connectivity index (χ1) is 13.5. The first-order valence-electron chi connectivity index (χ1n) is 8.99. The summed E-state index contributed by atoms with van der Waals surface area (Å²) in [5.74, 6) is 0.622. The number of ketones is 1. The summed E-state index contributed by atoms with van der Waals surface area (Å²) in [5, 5.41) is 10.8. The van der Waals surface area contributed by atoms with Gasteiger partial charge in [-0.2, -0.15) is 5.10 Å². The molecule has 0 spiro atoms. The lowest BCUT2D eigenvalue weighted by Gasteiger charge is -2.12. The molecule has 8 heteroatoms. The monoisotopic (exact) mass is 382 g/mol. The number of aryl methyl sites for hydroxylation is 1. The van der Waals surface area contributed by atoms with Crippen LogP contribution in [0.25, 0.3) is 0 Å². The minimum Gasteiger partial charge on any atom is -0.486 e. The van der Waals surface area contributed by atoms with Gasteiger partial charge in [0.1, 0.15) is 12.4 Å². The summed E-state index contributed by atoms with van der Waals surface area (Å²) in [4.78, 5) is 23.7. The molecule has 0 saturated carbocycles. The molecule has 28 heavy (non-hydrogen) atoms. The van der Waals surface area contributed by atoms with Gasteiger partial charge in [-0.25, -0.2) is 0 Å². The fourth-order valence-electron chi connectivity index (χ4n) is 2.58. The summed E-state index contributed by atoms with van der Waals surface area (Å²) < 4.78 is 12.6. The van der Waals surface area contributed by atoms with Gasteiger partial charge in [0, 0.05) is 36.6 Å². The topological polar surface area (TPSA) is 99.2 Å². The van der Waals surface area contributed by atoms with E-state index in [1.807, 2.05) is 23.9 Å². The van der Waals surface area contributed by atoms with Crippen LogP contribution in [-0.4, -0.2) is 32.7 Å². The highest BCUT2D eigenvalue weighted by atomic mass is 16.5. The van der Waals surface area contributed by atoms with Crippen molar-refractivity contribution in [1.29, 1.82) is 0 Å². The van der Waals surface area contributed by atoms with Gasteiger partial charge in [-0.05, 0) is 38.5 Å². The SMILES string of the molecule is CC(=O)c1cccc(OCc2cc(C(=O)N[C@@H](C)CCn3cccn3)no2)c1. The van der Waals surface area contributed by atoms with Crippen molar-refractivity contribution in [2.24, 2.45) is 0 Å². The molecule has 1 atom stereocenters. The zero-order chi connectivity index (χ0) is 19.9. The smallest absolute Gasteiger partial charge is 0.273 e. The molecule has 0 radical (unpaired) electrons. The number of amides is 1. The Labute approximate surface area is 162 Å². The second-order valence-electron chi connectivity index (χ2n) is 6.48. The lowest BCUT2D eigenvalue weighted by molar-refractivity contribution is 0.0927. The average Bonchev–Trinajstić information content (AvgIpc) is 3.37. The quantitative estimate of drug-likeness (QED) is 0.571. The molecule has 1 amide bonds. The van der Waals surface area contributed by atoms with Gasteiger partial charge in [0.25, 0.3) is 5.91 Å². The van der Waals surface area contributed by atoms with Crippen LogP contribution in [0.1, 0.15) is 46.9 Å². The molecule has 0 saturated heterocycles. The highest BCUT2D eigenvalue weighted by Crippen LogP contribution is 2.16. The maximum atomic E-state index is 12.3. The number of nitrogens with zero attached hydrogens (tertiary/aromatic N) is 3. The van der Waals surface area contributed by atoms with E-state index in [1.54, 1.807) is 36.5 Å². The predicted molar refractivity (Wildman–Crippen MR) is 101 cm³/mol. The summed E-state index contributed by atoms with van der Waals surface area (Å²) in [6.07, 6.45) is 4.34. The second-order valence-corrected chi connectivity index (χ2v) is 6.48. The molecule has 3 rings (SSSR count). The van der Waals surface area contributed by atoms with Crippen LogP contribution in [-0.2, 0) is 13.2 Å². The molecule has 0 aliphatic heterocycles. The summed E-state index contributed by atoms with van der Waals surface area (Å²) in [6, 6.07) is 10.2. The van der Waals surface area contributed by atoms with Crippen LogP contribution in [0.5, 0.6) is 5.75 Å². The molecule has 3 aromatic rings. The second kappa shape index (κ2) is 8.98. The number of ether oxygens (including phenoxy) is 1. The molecular weight excluding hydrogens is 360 g/mol. The van der Waals surface area contributed by atoms with Crippen LogP contribution in [0.15, 0.2) is 53.3 Å². The fraction of sp³-hybridized carbons (Fsp3) is 0.300. The van der Waals surface area contributed by atoms with Gasteiger partial charge >= 0.3 is 0 Å². The van der Waals surface area contributed by atoms with Crippen molar-refractivity contribution in [3.63, 3.8) is 0 Å². The number of Topliss-reactive ketones (excluding diaryl/α,β-unsaturated/α-hetero) is 1. The Kier molecular flexibility index (Phi) is 6.21. The molecule has 2 heterocycles. The lowest BCUT2D eigenvalue weighted by atomic mass is 10.1. The molecule has 0 fully saturated rings. The van der Waals surface area contributed by atoms with E-state index in [0.29, 0.717) is 23.6 Å².